The van der Waals surface area contributed by atoms with Gasteiger partial charge in [0.15, 0.2) is 0 Å². The molecule has 5 rings (SSSR count). The normalized spacial score (nSPS) is 15.5. The van der Waals surface area contributed by atoms with Crippen LogP contribution < -0.4 is 5.32 Å². The summed E-state index contributed by atoms with van der Waals surface area (Å²) in [6.07, 6.45) is 2.88. The Morgan fingerprint density at radius 1 is 1.17 bits per heavy atom. The molecule has 0 bridgehead atoms. The maximum atomic E-state index is 13.6. The van der Waals surface area contributed by atoms with E-state index in [1.54, 1.807) is 17.4 Å². The molecule has 0 fully saturated rings. The number of amides is 1. The molecule has 4 aromatic rings. The molecule has 6 heteroatoms. The van der Waals surface area contributed by atoms with Gasteiger partial charge < -0.3 is 5.32 Å². The molecule has 0 radical (unpaired) electrons. The van der Waals surface area contributed by atoms with Crippen molar-refractivity contribution in [2.24, 2.45) is 11.3 Å². The maximum Gasteiger partial charge on any atom is 0.257 e. The number of carbonyl (C=O) groups is 1. The van der Waals surface area contributed by atoms with Gasteiger partial charge in [0.05, 0.1) is 22.3 Å². The summed E-state index contributed by atoms with van der Waals surface area (Å²) >= 11 is 7.98. The molecule has 4 nitrogen and oxygen atoms in total. The third kappa shape index (κ3) is 4.45. The Balaban J connectivity index is 1.54. The first kappa shape index (κ1) is 23.5. The molecule has 1 aliphatic carbocycles. The molecule has 0 spiro atoms. The molecule has 2 aromatic carbocycles. The van der Waals surface area contributed by atoms with Gasteiger partial charge in [0.25, 0.3) is 5.91 Å². The van der Waals surface area contributed by atoms with Crippen LogP contribution >= 0.6 is 22.9 Å². The van der Waals surface area contributed by atoms with Gasteiger partial charge >= 0.3 is 0 Å². The zero-order valence-corrected chi connectivity index (χ0v) is 21.6. The summed E-state index contributed by atoms with van der Waals surface area (Å²) in [5, 5.41) is 15.0. The average Bonchev–Trinajstić information content (AvgIpc) is 3.19. The predicted octanol–water partition coefficient (Wildman–Crippen LogP) is 7.89. The second kappa shape index (κ2) is 9.11. The van der Waals surface area contributed by atoms with Crippen molar-refractivity contribution in [2.45, 2.75) is 40.0 Å². The van der Waals surface area contributed by atoms with Crippen molar-refractivity contribution in [3.05, 3.63) is 81.2 Å². The number of nitrogens with zero attached hydrogens (tertiary/aromatic N) is 2. The van der Waals surface area contributed by atoms with Gasteiger partial charge in [-0.15, -0.1) is 11.3 Å². The van der Waals surface area contributed by atoms with E-state index in [2.05, 4.69) is 32.2 Å². The lowest BCUT2D eigenvalue weighted by molar-refractivity contribution is 0.102. The molecule has 0 aliphatic heterocycles. The summed E-state index contributed by atoms with van der Waals surface area (Å²) in [7, 11) is 0. The van der Waals surface area contributed by atoms with Crippen LogP contribution in [0.3, 0.4) is 0 Å². The lowest BCUT2D eigenvalue weighted by atomic mass is 9.72. The Bertz CT molecular complexity index is 1490. The van der Waals surface area contributed by atoms with Crippen LogP contribution in [0.2, 0.25) is 5.02 Å². The third-order valence-corrected chi connectivity index (χ3v) is 8.44. The SMILES string of the molecule is CC(C)(C)[C@H]1CCc2c(sc(NC(=O)c3cc(-c4ccccc4Cl)nc4ccccc34)c2C#N)C1. The summed E-state index contributed by atoms with van der Waals surface area (Å²) in [5.74, 6) is 0.311. The number of hydrogen-bond donors (Lipinski definition) is 1. The zero-order valence-electron chi connectivity index (χ0n) is 20.0. The van der Waals surface area contributed by atoms with Crippen LogP contribution in [0.4, 0.5) is 5.00 Å². The fraction of sp³-hybridized carbons (Fsp3) is 0.276. The van der Waals surface area contributed by atoms with Gasteiger partial charge in [0.2, 0.25) is 0 Å². The Hall–Kier alpha value is -3.20. The molecule has 1 aliphatic rings. The highest BCUT2D eigenvalue weighted by Crippen LogP contribution is 2.44. The number of thiophene rings is 1. The summed E-state index contributed by atoms with van der Waals surface area (Å²) in [4.78, 5) is 19.6. The van der Waals surface area contributed by atoms with E-state index in [1.807, 2.05) is 48.5 Å². The van der Waals surface area contributed by atoms with Crippen molar-refractivity contribution >= 4 is 44.7 Å². The average molecular weight is 500 g/mol. The molecule has 176 valence electrons. The third-order valence-electron chi connectivity index (χ3n) is 6.94. The monoisotopic (exact) mass is 499 g/mol. The van der Waals surface area contributed by atoms with E-state index in [4.69, 9.17) is 16.6 Å². The van der Waals surface area contributed by atoms with Crippen LogP contribution in [0.5, 0.6) is 0 Å². The number of nitrogens with one attached hydrogen (secondary N) is 1. The lowest BCUT2D eigenvalue weighted by Gasteiger charge is -2.33. The Morgan fingerprint density at radius 2 is 1.91 bits per heavy atom. The van der Waals surface area contributed by atoms with E-state index in [0.29, 0.717) is 38.3 Å². The first-order chi connectivity index (χ1) is 16.8. The van der Waals surface area contributed by atoms with Gasteiger partial charge in [0.1, 0.15) is 11.1 Å². The van der Waals surface area contributed by atoms with Crippen molar-refractivity contribution < 1.29 is 4.79 Å². The van der Waals surface area contributed by atoms with Crippen molar-refractivity contribution in [2.75, 3.05) is 5.32 Å². The quantitative estimate of drug-likeness (QED) is 0.311. The zero-order chi connectivity index (χ0) is 24.7. The number of nitriles is 1. The first-order valence-electron chi connectivity index (χ1n) is 11.8. The Kier molecular flexibility index (Phi) is 6.13. The second-order valence-corrected chi connectivity index (χ2v) is 11.6. The fourth-order valence-electron chi connectivity index (χ4n) is 4.87. The number of carbonyl (C=O) groups excluding carboxylic acids is 1. The van der Waals surface area contributed by atoms with Crippen LogP contribution in [0.25, 0.3) is 22.2 Å². The Labute approximate surface area is 214 Å². The van der Waals surface area contributed by atoms with Gasteiger partial charge in [-0.05, 0) is 54.4 Å². The largest absolute Gasteiger partial charge is 0.312 e. The standard InChI is InChI=1S/C29H26ClN3OS/c1-29(2,3)17-12-13-19-22(16-31)28(35-26(19)14-17)33-27(34)21-15-25(20-9-4-6-10-23(20)30)32-24-11-7-5-8-18(21)24/h4-11,15,17H,12-14H2,1-3H3,(H,33,34)/t17-/m0/s1. The van der Waals surface area contributed by atoms with Crippen LogP contribution in [0.1, 0.15) is 53.6 Å². The van der Waals surface area contributed by atoms with Gasteiger partial charge in [0, 0.05) is 20.8 Å². The number of aromatic nitrogens is 1. The molecule has 2 heterocycles. The maximum absolute atomic E-state index is 13.6. The molecule has 2 aromatic heterocycles. The van der Waals surface area contributed by atoms with Crippen LogP contribution in [0.15, 0.2) is 54.6 Å². The minimum atomic E-state index is -0.251. The van der Waals surface area contributed by atoms with Crippen molar-refractivity contribution in [3.63, 3.8) is 0 Å². The van der Waals surface area contributed by atoms with Crippen molar-refractivity contribution in [1.29, 1.82) is 5.26 Å². The molecule has 1 N–H and O–H groups in total. The molecule has 35 heavy (non-hydrogen) atoms. The summed E-state index contributed by atoms with van der Waals surface area (Å²) in [6, 6.07) is 19.2. The minimum absolute atomic E-state index is 0.211. The molecular weight excluding hydrogens is 474 g/mol. The van der Waals surface area contributed by atoms with Gasteiger partial charge in [-0.25, -0.2) is 4.98 Å². The van der Waals surface area contributed by atoms with Crippen LogP contribution in [0, 0.1) is 22.7 Å². The number of pyridine rings is 1. The van der Waals surface area contributed by atoms with E-state index in [9.17, 15) is 10.1 Å². The van der Waals surface area contributed by atoms with E-state index in [-0.39, 0.29) is 11.3 Å². The van der Waals surface area contributed by atoms with Crippen molar-refractivity contribution in [1.82, 2.24) is 4.98 Å². The first-order valence-corrected chi connectivity index (χ1v) is 13.0. The highest BCUT2D eigenvalue weighted by Gasteiger charge is 2.32. The number of anilines is 1. The van der Waals surface area contributed by atoms with Crippen LogP contribution in [-0.2, 0) is 12.8 Å². The summed E-state index contributed by atoms with van der Waals surface area (Å²) in [5.41, 5.74) is 4.55. The van der Waals surface area contributed by atoms with Crippen LogP contribution in [-0.4, -0.2) is 10.9 Å². The number of halogens is 1. The van der Waals surface area contributed by atoms with E-state index in [0.717, 1.165) is 35.8 Å². The lowest BCUT2D eigenvalue weighted by Crippen LogP contribution is -2.26. The van der Waals surface area contributed by atoms with E-state index in [1.165, 1.54) is 4.88 Å². The molecular formula is C29H26ClN3OS. The van der Waals surface area contributed by atoms with E-state index >= 15 is 0 Å². The van der Waals surface area contributed by atoms with Gasteiger partial charge in [-0.3, -0.25) is 4.79 Å². The second-order valence-electron chi connectivity index (χ2n) is 10.1. The van der Waals surface area contributed by atoms with E-state index < -0.39 is 0 Å². The number of hydrogen-bond acceptors (Lipinski definition) is 4. The molecule has 0 saturated heterocycles. The Morgan fingerprint density at radius 3 is 2.66 bits per heavy atom. The number of rotatable bonds is 3. The number of benzene rings is 2. The van der Waals surface area contributed by atoms with Gasteiger partial charge in [-0.2, -0.15) is 5.26 Å². The molecule has 0 unspecified atom stereocenters. The summed E-state index contributed by atoms with van der Waals surface area (Å²) < 4.78 is 0. The topological polar surface area (TPSA) is 65.8 Å². The predicted molar refractivity (Wildman–Crippen MR) is 144 cm³/mol. The molecule has 1 amide bonds. The highest BCUT2D eigenvalue weighted by atomic mass is 35.5. The number of fused-ring (bicyclic) bond motifs is 2. The van der Waals surface area contributed by atoms with Crippen molar-refractivity contribution in [3.8, 4) is 17.3 Å². The number of para-hydroxylation sites is 1. The summed E-state index contributed by atoms with van der Waals surface area (Å²) in [6.45, 7) is 6.82. The minimum Gasteiger partial charge on any atom is -0.312 e. The smallest absolute Gasteiger partial charge is 0.257 e. The van der Waals surface area contributed by atoms with Gasteiger partial charge in [-0.1, -0.05) is 68.8 Å². The molecule has 1 atom stereocenters. The highest BCUT2D eigenvalue weighted by molar-refractivity contribution is 7.16. The fourth-order valence-corrected chi connectivity index (χ4v) is 6.38. The molecule has 0 saturated carbocycles.